The summed E-state index contributed by atoms with van der Waals surface area (Å²) in [6.45, 7) is 5.34. The van der Waals surface area contributed by atoms with Gasteiger partial charge < -0.3 is 10.6 Å². The highest BCUT2D eigenvalue weighted by atomic mass is 35.5. The number of rotatable bonds is 6. The Balaban J connectivity index is 2.23. The van der Waals surface area contributed by atoms with Gasteiger partial charge in [-0.2, -0.15) is 0 Å². The van der Waals surface area contributed by atoms with Crippen LogP contribution in [0.2, 0.25) is 5.02 Å². The summed E-state index contributed by atoms with van der Waals surface area (Å²) < 4.78 is 0. The number of hydrogen-bond donors (Lipinski definition) is 2. The molecule has 1 aliphatic rings. The second kappa shape index (κ2) is 7.21. The lowest BCUT2D eigenvalue weighted by Gasteiger charge is -2.25. The summed E-state index contributed by atoms with van der Waals surface area (Å²) in [5.41, 5.74) is -0.504. The van der Waals surface area contributed by atoms with Crippen LogP contribution in [0.5, 0.6) is 0 Å². The quantitative estimate of drug-likeness (QED) is 0.772. The molecule has 1 saturated heterocycles. The predicted molar refractivity (Wildman–Crippen MR) is 91.6 cm³/mol. The van der Waals surface area contributed by atoms with Crippen molar-refractivity contribution in [2.75, 3.05) is 6.54 Å². The van der Waals surface area contributed by atoms with Crippen LogP contribution in [0.25, 0.3) is 0 Å². The third-order valence-corrected chi connectivity index (χ3v) is 4.62. The van der Waals surface area contributed by atoms with Gasteiger partial charge in [-0.3, -0.25) is 14.5 Å². The van der Waals surface area contributed by atoms with Gasteiger partial charge in [0.15, 0.2) is 0 Å². The number of carbonyl (C=O) groups excluding carboxylic acids is 3. The number of urea groups is 1. The fourth-order valence-electron chi connectivity index (χ4n) is 2.71. The molecule has 0 radical (unpaired) electrons. The monoisotopic (exact) mass is 351 g/mol. The van der Waals surface area contributed by atoms with Crippen LogP contribution >= 0.6 is 11.6 Å². The lowest BCUT2D eigenvalue weighted by molar-refractivity contribution is -0.135. The molecule has 1 aromatic rings. The summed E-state index contributed by atoms with van der Waals surface area (Å²) in [5, 5.41) is 6.05. The number of imide groups is 1. The highest BCUT2D eigenvalue weighted by Gasteiger charge is 2.51. The summed E-state index contributed by atoms with van der Waals surface area (Å²) in [7, 11) is 0. The highest BCUT2D eigenvalue weighted by Crippen LogP contribution is 2.32. The Morgan fingerprint density at radius 3 is 2.46 bits per heavy atom. The van der Waals surface area contributed by atoms with E-state index in [0.29, 0.717) is 17.0 Å². The van der Waals surface area contributed by atoms with Crippen molar-refractivity contribution >= 4 is 29.4 Å². The molecule has 2 rings (SSSR count). The maximum absolute atomic E-state index is 12.9. The molecular formula is C17H22ClN3O3. The number of nitrogens with one attached hydrogen (secondary N) is 2. The van der Waals surface area contributed by atoms with Gasteiger partial charge in [-0.25, -0.2) is 4.79 Å². The molecule has 130 valence electrons. The topological polar surface area (TPSA) is 78.5 Å². The van der Waals surface area contributed by atoms with Crippen LogP contribution in [-0.4, -0.2) is 35.3 Å². The van der Waals surface area contributed by atoms with Gasteiger partial charge in [0.1, 0.15) is 12.1 Å². The largest absolute Gasteiger partial charge is 0.352 e. The summed E-state index contributed by atoms with van der Waals surface area (Å²) >= 11 is 5.90. The lowest BCUT2D eigenvalue weighted by atomic mass is 9.87. The zero-order chi connectivity index (χ0) is 17.9. The molecule has 24 heavy (non-hydrogen) atoms. The van der Waals surface area contributed by atoms with Gasteiger partial charge in [0, 0.05) is 11.1 Å². The number of hydrogen-bond acceptors (Lipinski definition) is 3. The van der Waals surface area contributed by atoms with Gasteiger partial charge in [0.25, 0.3) is 5.91 Å². The minimum Gasteiger partial charge on any atom is -0.352 e. The number of carbonyl (C=O) groups is 3. The van der Waals surface area contributed by atoms with Crippen LogP contribution in [-0.2, 0) is 15.1 Å². The molecule has 0 unspecified atom stereocenters. The first-order chi connectivity index (χ1) is 11.3. The number of halogens is 1. The van der Waals surface area contributed by atoms with E-state index in [4.69, 9.17) is 11.6 Å². The minimum atomic E-state index is -1.15. The van der Waals surface area contributed by atoms with Crippen molar-refractivity contribution in [3.63, 3.8) is 0 Å². The smallest absolute Gasteiger partial charge is 0.325 e. The molecule has 1 heterocycles. The van der Waals surface area contributed by atoms with Crippen LogP contribution in [0.15, 0.2) is 24.3 Å². The van der Waals surface area contributed by atoms with Crippen LogP contribution in [0.1, 0.15) is 39.2 Å². The molecule has 1 aliphatic heterocycles. The minimum absolute atomic E-state index is 0.00883. The maximum atomic E-state index is 12.9. The number of benzene rings is 1. The van der Waals surface area contributed by atoms with Crippen LogP contribution in [0.4, 0.5) is 4.79 Å². The van der Waals surface area contributed by atoms with E-state index >= 15 is 0 Å². The van der Waals surface area contributed by atoms with E-state index in [1.165, 1.54) is 0 Å². The van der Waals surface area contributed by atoms with E-state index in [2.05, 4.69) is 10.6 Å². The number of nitrogens with zero attached hydrogens (tertiary/aromatic N) is 1. The zero-order valence-corrected chi connectivity index (χ0v) is 14.8. The van der Waals surface area contributed by atoms with Crippen molar-refractivity contribution in [2.24, 2.45) is 0 Å². The molecule has 1 fully saturated rings. The molecule has 0 bridgehead atoms. The second-order valence-electron chi connectivity index (χ2n) is 5.96. The maximum Gasteiger partial charge on any atom is 0.325 e. The molecule has 0 saturated carbocycles. The standard InChI is InChI=1S/C17H22ClN3O3/c1-4-11(3)19-14(22)10-21-15(23)17(5-2,20-16(21)24)12-6-8-13(18)9-7-12/h6-9,11H,4-5,10H2,1-3H3,(H,19,22)(H,20,24)/t11-,17+/m1/s1. The van der Waals surface area contributed by atoms with Crippen molar-refractivity contribution in [3.05, 3.63) is 34.9 Å². The molecule has 0 aromatic heterocycles. The van der Waals surface area contributed by atoms with E-state index < -0.39 is 17.5 Å². The molecule has 0 aliphatic carbocycles. The van der Waals surface area contributed by atoms with E-state index in [1.807, 2.05) is 20.8 Å². The second-order valence-corrected chi connectivity index (χ2v) is 6.40. The van der Waals surface area contributed by atoms with Crippen LogP contribution < -0.4 is 10.6 Å². The Kier molecular flexibility index (Phi) is 5.49. The average molecular weight is 352 g/mol. The zero-order valence-electron chi connectivity index (χ0n) is 14.1. The van der Waals surface area contributed by atoms with Crippen molar-refractivity contribution in [1.29, 1.82) is 0 Å². The third-order valence-electron chi connectivity index (χ3n) is 4.36. The first-order valence-electron chi connectivity index (χ1n) is 8.03. The summed E-state index contributed by atoms with van der Waals surface area (Å²) in [5.74, 6) is -0.771. The van der Waals surface area contributed by atoms with Crippen molar-refractivity contribution in [1.82, 2.24) is 15.5 Å². The van der Waals surface area contributed by atoms with Crippen LogP contribution in [0.3, 0.4) is 0 Å². The van der Waals surface area contributed by atoms with Gasteiger partial charge in [-0.15, -0.1) is 0 Å². The molecule has 4 amide bonds. The van der Waals surface area contributed by atoms with Gasteiger partial charge in [-0.1, -0.05) is 37.6 Å². The van der Waals surface area contributed by atoms with Gasteiger partial charge in [0.05, 0.1) is 0 Å². The molecular weight excluding hydrogens is 330 g/mol. The Morgan fingerprint density at radius 2 is 1.92 bits per heavy atom. The highest BCUT2D eigenvalue weighted by molar-refractivity contribution is 6.30. The van der Waals surface area contributed by atoms with E-state index in [1.54, 1.807) is 24.3 Å². The van der Waals surface area contributed by atoms with Crippen molar-refractivity contribution in [2.45, 2.75) is 45.2 Å². The Bertz CT molecular complexity index is 647. The molecule has 6 nitrogen and oxygen atoms in total. The fourth-order valence-corrected chi connectivity index (χ4v) is 2.84. The van der Waals surface area contributed by atoms with Crippen molar-refractivity contribution < 1.29 is 14.4 Å². The lowest BCUT2D eigenvalue weighted by Crippen LogP contribution is -2.45. The molecule has 0 spiro atoms. The summed E-state index contributed by atoms with van der Waals surface area (Å²) in [6, 6.07) is 6.21. The van der Waals surface area contributed by atoms with Crippen LogP contribution in [0, 0.1) is 0 Å². The van der Waals surface area contributed by atoms with Gasteiger partial charge in [0.2, 0.25) is 5.91 Å². The fraction of sp³-hybridized carbons (Fsp3) is 0.471. The molecule has 2 N–H and O–H groups in total. The Hall–Kier alpha value is -2.08. The number of amides is 4. The predicted octanol–water partition coefficient (Wildman–Crippen LogP) is 2.41. The van der Waals surface area contributed by atoms with E-state index in [0.717, 1.165) is 11.3 Å². The summed E-state index contributed by atoms with van der Waals surface area (Å²) in [6.07, 6.45) is 1.15. The average Bonchev–Trinajstić information content (AvgIpc) is 2.80. The normalized spacial score (nSPS) is 21.6. The Labute approximate surface area is 146 Å². The van der Waals surface area contributed by atoms with Gasteiger partial charge in [-0.05, 0) is 37.5 Å². The first kappa shape index (κ1) is 18.3. The summed E-state index contributed by atoms with van der Waals surface area (Å²) in [4.78, 5) is 38.2. The first-order valence-corrected chi connectivity index (χ1v) is 8.41. The van der Waals surface area contributed by atoms with Gasteiger partial charge >= 0.3 is 6.03 Å². The van der Waals surface area contributed by atoms with Crippen molar-refractivity contribution in [3.8, 4) is 0 Å². The van der Waals surface area contributed by atoms with E-state index in [-0.39, 0.29) is 18.5 Å². The SMILES string of the molecule is CC[C@@H](C)NC(=O)CN1C(=O)N[C@@](CC)(c2ccc(Cl)cc2)C1=O. The molecule has 1 aromatic carbocycles. The Morgan fingerprint density at radius 1 is 1.29 bits per heavy atom. The third kappa shape index (κ3) is 3.38. The molecule has 7 heteroatoms. The van der Waals surface area contributed by atoms with E-state index in [9.17, 15) is 14.4 Å². The molecule has 2 atom stereocenters.